The summed E-state index contributed by atoms with van der Waals surface area (Å²) in [6, 6.07) is 27.1. The number of nitrogens with zero attached hydrogens (tertiary/aromatic N) is 4. The quantitative estimate of drug-likeness (QED) is 0.174. The van der Waals surface area contributed by atoms with Crippen molar-refractivity contribution in [2.75, 3.05) is 0 Å². The maximum Gasteiger partial charge on any atom is 0.123 e. The highest BCUT2D eigenvalue weighted by Crippen LogP contribution is 2.41. The fourth-order valence-electron chi connectivity index (χ4n) is 3.79. The van der Waals surface area contributed by atoms with E-state index in [-0.39, 0.29) is 11.4 Å². The fourth-order valence-corrected chi connectivity index (χ4v) is 8.67. The van der Waals surface area contributed by atoms with Crippen LogP contribution in [0.2, 0.25) is 0 Å². The van der Waals surface area contributed by atoms with Crippen LogP contribution in [0.5, 0.6) is 0 Å². The fraction of sp³-hybridized carbons (Fsp3) is 0.0714. The monoisotopic (exact) mass is 594 g/mol. The van der Waals surface area contributed by atoms with Gasteiger partial charge in [-0.05, 0) is 60.7 Å². The van der Waals surface area contributed by atoms with Gasteiger partial charge in [-0.15, -0.1) is 56.7 Å². The van der Waals surface area contributed by atoms with Crippen LogP contribution in [0.4, 0.5) is 0 Å². The highest BCUT2D eigenvalue weighted by molar-refractivity contribution is 7.27. The van der Waals surface area contributed by atoms with Crippen LogP contribution in [-0.4, -0.2) is 11.4 Å². The highest BCUT2D eigenvalue weighted by Gasteiger charge is 2.24. The highest BCUT2D eigenvalue weighted by atomic mass is 32.1. The minimum Gasteiger partial charge on any atom is -0.302 e. The van der Waals surface area contributed by atoms with Crippen molar-refractivity contribution in [1.29, 1.82) is 31.9 Å². The molecule has 0 radical (unpaired) electrons. The summed E-state index contributed by atoms with van der Waals surface area (Å²) in [5, 5.41) is 54.9. The van der Waals surface area contributed by atoms with Crippen LogP contribution in [0.25, 0.3) is 19.5 Å². The number of nitriles is 4. The molecule has 6 nitrogen and oxygen atoms in total. The third kappa shape index (κ3) is 5.24. The maximum atomic E-state index is 9.71. The molecule has 0 amide bonds. The second-order valence-electron chi connectivity index (χ2n) is 8.07. The lowest BCUT2D eigenvalue weighted by Crippen LogP contribution is -2.08. The van der Waals surface area contributed by atoms with Gasteiger partial charge < -0.3 is 10.8 Å². The molecule has 11 heteroatoms. The Balaban J connectivity index is 1.33. The first-order valence-corrected chi connectivity index (χ1v) is 15.3. The van der Waals surface area contributed by atoms with E-state index in [0.29, 0.717) is 29.3 Å². The number of rotatable bonds is 8. The van der Waals surface area contributed by atoms with Crippen LogP contribution in [0.15, 0.2) is 60.7 Å². The topological polar surface area (TPSA) is 143 Å². The molecular formula is C28H14N6S5. The third-order valence-electron chi connectivity index (χ3n) is 5.71. The predicted molar refractivity (Wildman–Crippen MR) is 159 cm³/mol. The number of hydrogen-bond acceptors (Lipinski definition) is 11. The van der Waals surface area contributed by atoms with E-state index >= 15 is 0 Å². The van der Waals surface area contributed by atoms with Gasteiger partial charge in [0.25, 0.3) is 0 Å². The van der Waals surface area contributed by atoms with Crippen LogP contribution in [0.3, 0.4) is 0 Å². The third-order valence-corrected chi connectivity index (χ3v) is 11.5. The zero-order valence-electron chi connectivity index (χ0n) is 19.8. The molecule has 0 aliphatic heterocycles. The summed E-state index contributed by atoms with van der Waals surface area (Å²) in [6.45, 7) is 0. The Bertz CT molecular complexity index is 1750. The molecule has 186 valence electrons. The first-order valence-electron chi connectivity index (χ1n) is 11.2. The molecule has 5 rings (SSSR count). The van der Waals surface area contributed by atoms with Crippen LogP contribution < -0.4 is 0 Å². The molecule has 39 heavy (non-hydrogen) atoms. The first-order chi connectivity index (χ1) is 18.9. The van der Waals surface area contributed by atoms with E-state index in [4.69, 9.17) is 21.3 Å². The summed E-state index contributed by atoms with van der Waals surface area (Å²) in [4.78, 5) is 7.89. The Morgan fingerprint density at radius 3 is 1.26 bits per heavy atom. The largest absolute Gasteiger partial charge is 0.302 e. The van der Waals surface area contributed by atoms with Crippen molar-refractivity contribution < 1.29 is 0 Å². The van der Waals surface area contributed by atoms with Crippen molar-refractivity contribution >= 4 is 68.1 Å². The van der Waals surface area contributed by atoms with Gasteiger partial charge in [-0.1, -0.05) is 0 Å². The number of nitrogens with one attached hydrogen (secondary N) is 2. The van der Waals surface area contributed by atoms with E-state index in [1.165, 1.54) is 45.3 Å². The smallest absolute Gasteiger partial charge is 0.123 e. The van der Waals surface area contributed by atoms with Crippen LogP contribution >= 0.6 is 56.7 Å². The van der Waals surface area contributed by atoms with E-state index in [1.54, 1.807) is 35.6 Å². The normalized spacial score (nSPS) is 12.0. The Morgan fingerprint density at radius 1 is 0.513 bits per heavy atom. The zero-order valence-corrected chi connectivity index (χ0v) is 23.8. The molecule has 2 N–H and O–H groups in total. The molecule has 0 spiro atoms. The lowest BCUT2D eigenvalue weighted by atomic mass is 10.0. The molecule has 0 aliphatic carbocycles. The molecule has 0 aromatic carbocycles. The summed E-state index contributed by atoms with van der Waals surface area (Å²) in [5.74, 6) is -1.44. The lowest BCUT2D eigenvalue weighted by Gasteiger charge is -2.06. The van der Waals surface area contributed by atoms with E-state index < -0.39 is 11.8 Å². The molecule has 0 bridgehead atoms. The van der Waals surface area contributed by atoms with Gasteiger partial charge in [-0.2, -0.15) is 21.0 Å². The van der Waals surface area contributed by atoms with Gasteiger partial charge in [0, 0.05) is 29.3 Å². The summed E-state index contributed by atoms with van der Waals surface area (Å²) >= 11 is 7.00. The molecule has 5 aromatic heterocycles. The van der Waals surface area contributed by atoms with E-state index in [1.807, 2.05) is 36.4 Å². The molecule has 5 heterocycles. The Labute approximate surface area is 244 Å². The van der Waals surface area contributed by atoms with Crippen LogP contribution in [-0.2, 0) is 0 Å². The van der Waals surface area contributed by atoms with Crippen molar-refractivity contribution in [3.05, 3.63) is 89.9 Å². The van der Waals surface area contributed by atoms with Gasteiger partial charge in [-0.3, -0.25) is 0 Å². The number of thiophene rings is 5. The lowest BCUT2D eigenvalue weighted by molar-refractivity contribution is 1.17. The zero-order chi connectivity index (χ0) is 27.5. The minimum atomic E-state index is -0.722. The van der Waals surface area contributed by atoms with Gasteiger partial charge in [0.2, 0.25) is 0 Å². The summed E-state index contributed by atoms with van der Waals surface area (Å²) in [5.41, 5.74) is 0.441. The molecule has 0 fully saturated rings. The first kappa shape index (κ1) is 26.4. The Hall–Kier alpha value is -4.20. The van der Waals surface area contributed by atoms with Crippen molar-refractivity contribution in [1.82, 2.24) is 0 Å². The molecule has 0 saturated carbocycles. The van der Waals surface area contributed by atoms with Gasteiger partial charge in [-0.25, -0.2) is 0 Å². The standard InChI is InChI=1S/C28H14N6S5/c29-11-15-1-3-19(35-15)17(13-31)27(33)25-9-7-23(38-25)21-5-6-22(37-21)24-8-10-26(39-24)28(34)18(14-32)20-4-2-16(12-30)36-20/h1-10,17-18,33-34H. The SMILES string of the molecule is N#Cc1ccc(C(C#N)C(=N)c2ccc(-c3ccc(-c4ccc(C(=N)C(C#N)c5ccc(C#N)s5)s4)s3)s2)s1. The molecular weight excluding hydrogens is 581 g/mol. The summed E-state index contributed by atoms with van der Waals surface area (Å²) in [7, 11) is 0. The van der Waals surface area contributed by atoms with Gasteiger partial charge in [0.05, 0.1) is 33.3 Å². The second-order valence-corrected chi connectivity index (χ2v) is 13.6. The van der Waals surface area contributed by atoms with E-state index in [2.05, 4.69) is 24.3 Å². The summed E-state index contributed by atoms with van der Waals surface area (Å²) < 4.78 is 0. The van der Waals surface area contributed by atoms with E-state index in [9.17, 15) is 10.5 Å². The predicted octanol–water partition coefficient (Wildman–Crippen LogP) is 8.42. The minimum absolute atomic E-state index is 0.220. The number of hydrogen-bond donors (Lipinski definition) is 2. The van der Waals surface area contributed by atoms with Crippen molar-refractivity contribution in [3.8, 4) is 43.8 Å². The van der Waals surface area contributed by atoms with Crippen LogP contribution in [0.1, 0.15) is 41.1 Å². The van der Waals surface area contributed by atoms with Gasteiger partial charge >= 0.3 is 0 Å². The van der Waals surface area contributed by atoms with Crippen molar-refractivity contribution in [2.24, 2.45) is 0 Å². The maximum absolute atomic E-state index is 9.71. The Kier molecular flexibility index (Phi) is 7.63. The molecule has 2 unspecified atom stereocenters. The molecule has 5 aromatic rings. The molecule has 2 atom stereocenters. The molecule has 0 saturated heterocycles. The second kappa shape index (κ2) is 11.3. The van der Waals surface area contributed by atoms with Crippen LogP contribution in [0, 0.1) is 56.1 Å². The van der Waals surface area contributed by atoms with Gasteiger partial charge in [0.1, 0.15) is 33.7 Å². The van der Waals surface area contributed by atoms with Crippen molar-refractivity contribution in [3.63, 3.8) is 0 Å². The Morgan fingerprint density at radius 2 is 0.897 bits per heavy atom. The van der Waals surface area contributed by atoms with E-state index in [0.717, 1.165) is 19.5 Å². The summed E-state index contributed by atoms with van der Waals surface area (Å²) in [6.07, 6.45) is 0. The molecule has 0 aliphatic rings. The average Bonchev–Trinajstić information content (AvgIpc) is 3.78. The van der Waals surface area contributed by atoms with Crippen molar-refractivity contribution in [2.45, 2.75) is 11.8 Å². The average molecular weight is 595 g/mol. The van der Waals surface area contributed by atoms with Gasteiger partial charge in [0.15, 0.2) is 0 Å².